The van der Waals surface area contributed by atoms with Crippen LogP contribution in [0.2, 0.25) is 0 Å². The Morgan fingerprint density at radius 1 is 1.45 bits per heavy atom. The summed E-state index contributed by atoms with van der Waals surface area (Å²) in [6.07, 6.45) is 0. The van der Waals surface area contributed by atoms with E-state index < -0.39 is 28.2 Å². The molecule has 0 saturated carbocycles. The van der Waals surface area contributed by atoms with E-state index in [9.17, 15) is 22.8 Å². The summed E-state index contributed by atoms with van der Waals surface area (Å²) in [6.45, 7) is 0.324. The second-order valence-electron chi connectivity index (χ2n) is 4.12. The van der Waals surface area contributed by atoms with Gasteiger partial charge >= 0.3 is 45.9 Å². The number of amides is 4. The molecular formula is C8H13N4NaO6S. The van der Waals surface area contributed by atoms with E-state index in [1.807, 2.05) is 0 Å². The normalized spacial score (nSPS) is 21.9. The molecule has 0 radical (unpaired) electrons. The maximum atomic E-state index is 11.5. The molecule has 10 nitrogen and oxygen atoms in total. The van der Waals surface area contributed by atoms with E-state index >= 15 is 0 Å². The number of urea groups is 1. The molecule has 4 amide bonds. The molecule has 2 fully saturated rings. The fourth-order valence-electron chi connectivity index (χ4n) is 1.79. The van der Waals surface area contributed by atoms with Gasteiger partial charge in [0.2, 0.25) is 5.91 Å². The average molecular weight is 316 g/mol. The van der Waals surface area contributed by atoms with Crippen LogP contribution in [0.1, 0.15) is 0 Å². The van der Waals surface area contributed by atoms with Gasteiger partial charge in [-0.05, 0) is 0 Å². The SMILES string of the molecule is O=C(CN1CCNC1=O)NC1CN(S(=O)(=O)O)C1=O.[NaH]. The first-order valence-electron chi connectivity index (χ1n) is 5.40. The van der Waals surface area contributed by atoms with Crippen LogP contribution in [0, 0.1) is 0 Å². The zero-order chi connectivity index (χ0) is 14.2. The van der Waals surface area contributed by atoms with Crippen molar-refractivity contribution in [2.45, 2.75) is 6.04 Å². The predicted octanol–water partition coefficient (Wildman–Crippen LogP) is -3.51. The Labute approximate surface area is 137 Å². The standard InChI is InChI=1S/C8H12N4O6S.Na.H/c13-6(4-11-2-1-9-8(11)15)10-5-3-12(7(5)14)19(16,17)18;;/h5H,1-4H2,(H,9,15)(H,10,13)(H,16,17,18);;. The molecule has 1 atom stereocenters. The van der Waals surface area contributed by atoms with Gasteiger partial charge in [-0.3, -0.25) is 14.1 Å². The summed E-state index contributed by atoms with van der Waals surface area (Å²) in [5, 5.41) is 4.80. The molecule has 2 heterocycles. The summed E-state index contributed by atoms with van der Waals surface area (Å²) >= 11 is 0. The molecule has 0 bridgehead atoms. The van der Waals surface area contributed by atoms with Gasteiger partial charge in [0.25, 0.3) is 5.91 Å². The summed E-state index contributed by atoms with van der Waals surface area (Å²) in [5.41, 5.74) is 0. The van der Waals surface area contributed by atoms with Crippen LogP contribution in [0.25, 0.3) is 0 Å². The van der Waals surface area contributed by atoms with Gasteiger partial charge in [0.05, 0.1) is 6.54 Å². The summed E-state index contributed by atoms with van der Waals surface area (Å²) in [5.74, 6) is -1.47. The van der Waals surface area contributed by atoms with E-state index in [-0.39, 0.29) is 53.0 Å². The maximum absolute atomic E-state index is 11.5. The zero-order valence-corrected chi connectivity index (χ0v) is 10.5. The molecule has 3 N–H and O–H groups in total. The molecule has 0 aliphatic carbocycles. The first kappa shape index (κ1) is 17.2. The fraction of sp³-hybridized carbons (Fsp3) is 0.625. The van der Waals surface area contributed by atoms with Crippen molar-refractivity contribution < 1.29 is 27.4 Å². The van der Waals surface area contributed by atoms with Crippen molar-refractivity contribution >= 4 is 57.7 Å². The number of carbonyl (C=O) groups excluding carboxylic acids is 3. The third-order valence-electron chi connectivity index (χ3n) is 2.79. The van der Waals surface area contributed by atoms with Crippen LogP contribution in [0.3, 0.4) is 0 Å². The Morgan fingerprint density at radius 2 is 2.10 bits per heavy atom. The summed E-state index contributed by atoms with van der Waals surface area (Å²) in [4.78, 5) is 35.3. The number of nitrogens with one attached hydrogen (secondary N) is 2. The monoisotopic (exact) mass is 316 g/mol. The molecule has 2 saturated heterocycles. The predicted molar refractivity (Wildman–Crippen MR) is 67.3 cm³/mol. The van der Waals surface area contributed by atoms with Crippen molar-refractivity contribution in [3.8, 4) is 0 Å². The fourth-order valence-corrected chi connectivity index (χ4v) is 2.48. The van der Waals surface area contributed by atoms with Gasteiger partial charge in [-0.2, -0.15) is 8.42 Å². The van der Waals surface area contributed by atoms with Crippen LogP contribution in [0.4, 0.5) is 4.79 Å². The third kappa shape index (κ3) is 3.61. The summed E-state index contributed by atoms with van der Waals surface area (Å²) < 4.78 is 30.2. The molecule has 0 aromatic rings. The van der Waals surface area contributed by atoms with E-state index in [1.165, 1.54) is 4.90 Å². The van der Waals surface area contributed by atoms with Crippen LogP contribution < -0.4 is 10.6 Å². The van der Waals surface area contributed by atoms with Gasteiger partial charge in [-0.15, -0.1) is 0 Å². The van der Waals surface area contributed by atoms with Gasteiger partial charge in [-0.25, -0.2) is 9.10 Å². The first-order valence-corrected chi connectivity index (χ1v) is 6.80. The molecule has 2 rings (SSSR count). The van der Waals surface area contributed by atoms with Crippen LogP contribution in [-0.4, -0.2) is 102 Å². The van der Waals surface area contributed by atoms with Crippen molar-refractivity contribution in [3.63, 3.8) is 0 Å². The van der Waals surface area contributed by atoms with E-state index in [4.69, 9.17) is 4.55 Å². The van der Waals surface area contributed by atoms with Crippen molar-refractivity contribution in [2.24, 2.45) is 0 Å². The van der Waals surface area contributed by atoms with Crippen LogP contribution in [0.15, 0.2) is 0 Å². The van der Waals surface area contributed by atoms with Crippen LogP contribution in [-0.2, 0) is 19.9 Å². The number of nitrogens with zero attached hydrogens (tertiary/aromatic N) is 2. The topological polar surface area (TPSA) is 136 Å². The average Bonchev–Trinajstić information content (AvgIpc) is 2.67. The molecule has 12 heteroatoms. The number of rotatable bonds is 4. The Hall–Kier alpha value is -0.880. The molecule has 0 aromatic carbocycles. The first-order chi connectivity index (χ1) is 8.79. The Kier molecular flexibility index (Phi) is 5.38. The van der Waals surface area contributed by atoms with Gasteiger partial charge in [-0.1, -0.05) is 0 Å². The molecule has 0 aromatic heterocycles. The molecule has 2 aliphatic rings. The van der Waals surface area contributed by atoms with E-state index in [1.54, 1.807) is 0 Å². The molecule has 108 valence electrons. The second-order valence-corrected chi connectivity index (χ2v) is 5.46. The van der Waals surface area contributed by atoms with Crippen molar-refractivity contribution in [2.75, 3.05) is 26.2 Å². The minimum atomic E-state index is -4.56. The van der Waals surface area contributed by atoms with E-state index in [0.29, 0.717) is 13.1 Å². The number of carbonyl (C=O) groups is 3. The van der Waals surface area contributed by atoms with Crippen molar-refractivity contribution in [3.05, 3.63) is 0 Å². The Bertz CT molecular complexity index is 537. The zero-order valence-electron chi connectivity index (χ0n) is 9.70. The van der Waals surface area contributed by atoms with Crippen molar-refractivity contribution in [1.29, 1.82) is 0 Å². The van der Waals surface area contributed by atoms with Gasteiger partial charge in [0, 0.05) is 13.1 Å². The molecule has 0 spiro atoms. The summed E-state index contributed by atoms with van der Waals surface area (Å²) in [6, 6.07) is -1.35. The number of β-lactam (4-membered cyclic amide) rings is 1. The molecular weight excluding hydrogens is 303 g/mol. The molecule has 1 unspecified atom stereocenters. The Balaban J connectivity index is 0.00000200. The van der Waals surface area contributed by atoms with Gasteiger partial charge in [0.1, 0.15) is 12.6 Å². The van der Waals surface area contributed by atoms with E-state index in [2.05, 4.69) is 10.6 Å². The quantitative estimate of drug-likeness (QED) is 0.280. The summed E-state index contributed by atoms with van der Waals surface area (Å²) in [7, 11) is -4.56. The second kappa shape index (κ2) is 6.26. The van der Waals surface area contributed by atoms with Crippen LogP contribution >= 0.6 is 0 Å². The molecule has 2 aliphatic heterocycles. The van der Waals surface area contributed by atoms with E-state index in [0.717, 1.165) is 0 Å². The van der Waals surface area contributed by atoms with Gasteiger partial charge in [0.15, 0.2) is 0 Å². The Morgan fingerprint density at radius 3 is 2.55 bits per heavy atom. The third-order valence-corrected chi connectivity index (χ3v) is 3.67. The number of hydrogen-bond donors (Lipinski definition) is 3. The minimum absolute atomic E-state index is 0. The molecule has 20 heavy (non-hydrogen) atoms. The van der Waals surface area contributed by atoms with Gasteiger partial charge < -0.3 is 15.5 Å². The number of hydrogen-bond acceptors (Lipinski definition) is 5. The van der Waals surface area contributed by atoms with Crippen LogP contribution in [0.5, 0.6) is 0 Å². The van der Waals surface area contributed by atoms with Crippen molar-refractivity contribution in [1.82, 2.24) is 19.8 Å².